The van der Waals surface area contributed by atoms with Crippen molar-refractivity contribution in [1.82, 2.24) is 10.5 Å². The Morgan fingerprint density at radius 3 is 2.62 bits per heavy atom. The topological polar surface area (TPSA) is 88.5 Å². The van der Waals surface area contributed by atoms with Gasteiger partial charge in [-0.3, -0.25) is 19.8 Å². The zero-order valence-electron chi connectivity index (χ0n) is 15.2. The van der Waals surface area contributed by atoms with E-state index in [-0.39, 0.29) is 18.0 Å². The van der Waals surface area contributed by atoms with Gasteiger partial charge in [0.15, 0.2) is 5.78 Å². The maximum Gasteiger partial charge on any atom is 0.267 e. The van der Waals surface area contributed by atoms with Crippen LogP contribution in [-0.2, 0) is 11.2 Å². The third-order valence-electron chi connectivity index (χ3n) is 3.99. The lowest BCUT2D eigenvalue weighted by molar-refractivity contribution is -0.124. The number of ether oxygens (including phenoxy) is 1. The number of pyridine rings is 1. The van der Waals surface area contributed by atoms with Crippen molar-refractivity contribution in [2.24, 2.45) is 0 Å². The Labute approximate surface area is 166 Å². The fourth-order valence-electron chi connectivity index (χ4n) is 2.58. The number of hydrogen-bond donors (Lipinski definition) is 2. The minimum Gasteiger partial charge on any atom is -0.457 e. The molecule has 7 heteroatoms. The zero-order valence-corrected chi connectivity index (χ0v) is 15.2. The Kier molecular flexibility index (Phi) is 6.44. The van der Waals surface area contributed by atoms with Crippen molar-refractivity contribution in [3.8, 4) is 11.5 Å². The summed E-state index contributed by atoms with van der Waals surface area (Å²) in [6, 6.07) is 14.0. The van der Waals surface area contributed by atoms with E-state index in [0.717, 1.165) is 6.08 Å². The van der Waals surface area contributed by atoms with Crippen LogP contribution in [0.2, 0.25) is 0 Å². The van der Waals surface area contributed by atoms with Gasteiger partial charge in [0.2, 0.25) is 0 Å². The van der Waals surface area contributed by atoms with E-state index in [0.29, 0.717) is 28.2 Å². The summed E-state index contributed by atoms with van der Waals surface area (Å²) >= 11 is 0. The number of benzene rings is 2. The molecule has 29 heavy (non-hydrogen) atoms. The Bertz CT molecular complexity index is 1030. The maximum absolute atomic E-state index is 13.1. The maximum atomic E-state index is 13.1. The summed E-state index contributed by atoms with van der Waals surface area (Å²) in [5, 5.41) is 8.67. The van der Waals surface area contributed by atoms with Crippen molar-refractivity contribution >= 4 is 17.8 Å². The van der Waals surface area contributed by atoms with Gasteiger partial charge in [-0.1, -0.05) is 6.07 Å². The van der Waals surface area contributed by atoms with E-state index >= 15 is 0 Å². The van der Waals surface area contributed by atoms with Crippen LogP contribution in [0, 0.1) is 5.82 Å². The molecular weight excluding hydrogens is 375 g/mol. The molecule has 3 aromatic rings. The Hall–Kier alpha value is -3.84. The van der Waals surface area contributed by atoms with E-state index in [1.165, 1.54) is 42.0 Å². The van der Waals surface area contributed by atoms with Gasteiger partial charge in [-0.25, -0.2) is 9.87 Å². The van der Waals surface area contributed by atoms with Crippen LogP contribution in [-0.4, -0.2) is 21.9 Å². The van der Waals surface area contributed by atoms with Crippen molar-refractivity contribution in [3.63, 3.8) is 0 Å². The van der Waals surface area contributed by atoms with Crippen LogP contribution < -0.4 is 10.2 Å². The predicted octanol–water partition coefficient (Wildman–Crippen LogP) is 3.96. The lowest BCUT2D eigenvalue weighted by atomic mass is 10.0. The first kappa shape index (κ1) is 19.9. The van der Waals surface area contributed by atoms with Gasteiger partial charge < -0.3 is 4.74 Å². The second-order valence-electron chi connectivity index (χ2n) is 6.08. The highest BCUT2D eigenvalue weighted by molar-refractivity contribution is 5.97. The molecule has 0 aliphatic rings. The summed E-state index contributed by atoms with van der Waals surface area (Å²) < 4.78 is 18.9. The summed E-state index contributed by atoms with van der Waals surface area (Å²) in [5.74, 6) is -0.396. The molecule has 1 amide bonds. The third-order valence-corrected chi connectivity index (χ3v) is 3.99. The number of rotatable bonds is 7. The van der Waals surface area contributed by atoms with Crippen molar-refractivity contribution in [1.29, 1.82) is 0 Å². The number of ketones is 1. The van der Waals surface area contributed by atoms with Crippen molar-refractivity contribution in [2.75, 3.05) is 0 Å². The molecule has 3 rings (SSSR count). The van der Waals surface area contributed by atoms with Gasteiger partial charge in [-0.2, -0.15) is 0 Å². The van der Waals surface area contributed by atoms with Gasteiger partial charge in [0.1, 0.15) is 17.3 Å². The third kappa shape index (κ3) is 5.57. The zero-order chi connectivity index (χ0) is 20.6. The van der Waals surface area contributed by atoms with Crippen LogP contribution in [0.1, 0.15) is 21.5 Å². The fourth-order valence-corrected chi connectivity index (χ4v) is 2.58. The Balaban J connectivity index is 1.87. The molecule has 0 atom stereocenters. The first-order chi connectivity index (χ1) is 14.0. The number of carbonyl (C=O) groups excluding carboxylic acids is 2. The fraction of sp³-hybridized carbons (Fsp3) is 0.0455. The van der Waals surface area contributed by atoms with Gasteiger partial charge >= 0.3 is 0 Å². The monoisotopic (exact) mass is 392 g/mol. The molecule has 0 saturated heterocycles. The number of halogens is 1. The molecule has 0 radical (unpaired) electrons. The summed E-state index contributed by atoms with van der Waals surface area (Å²) in [7, 11) is 0. The van der Waals surface area contributed by atoms with Crippen molar-refractivity contribution in [2.45, 2.75) is 6.42 Å². The van der Waals surface area contributed by atoms with E-state index < -0.39 is 5.91 Å². The highest BCUT2D eigenvalue weighted by atomic mass is 19.1. The second kappa shape index (κ2) is 9.38. The molecule has 6 nitrogen and oxygen atoms in total. The lowest BCUT2D eigenvalue weighted by Gasteiger charge is -2.11. The van der Waals surface area contributed by atoms with Gasteiger partial charge in [0, 0.05) is 36.0 Å². The molecule has 1 aromatic heterocycles. The van der Waals surface area contributed by atoms with Crippen LogP contribution in [0.25, 0.3) is 6.08 Å². The molecule has 0 unspecified atom stereocenters. The molecule has 2 aromatic carbocycles. The van der Waals surface area contributed by atoms with Crippen LogP contribution in [0.5, 0.6) is 11.5 Å². The summed E-state index contributed by atoms with van der Waals surface area (Å²) in [4.78, 5) is 27.7. The first-order valence-corrected chi connectivity index (χ1v) is 8.67. The summed E-state index contributed by atoms with van der Waals surface area (Å²) in [6.07, 6.45) is 5.80. The van der Waals surface area contributed by atoms with Crippen LogP contribution in [0.15, 0.2) is 73.1 Å². The van der Waals surface area contributed by atoms with E-state index in [9.17, 15) is 14.0 Å². The van der Waals surface area contributed by atoms with Crippen LogP contribution in [0.4, 0.5) is 4.39 Å². The number of hydroxylamine groups is 1. The van der Waals surface area contributed by atoms with E-state index in [2.05, 4.69) is 4.98 Å². The van der Waals surface area contributed by atoms with Crippen LogP contribution in [0.3, 0.4) is 0 Å². The number of Topliss-reactive ketones (excluding diaryl/α,β-unsaturated/α-hetero) is 1. The minimum atomic E-state index is -0.713. The van der Waals surface area contributed by atoms with Crippen molar-refractivity contribution in [3.05, 3.63) is 95.6 Å². The van der Waals surface area contributed by atoms with Crippen molar-refractivity contribution < 1.29 is 23.9 Å². The van der Waals surface area contributed by atoms with Gasteiger partial charge in [0.25, 0.3) is 5.91 Å². The van der Waals surface area contributed by atoms with Gasteiger partial charge in [-0.15, -0.1) is 0 Å². The summed E-state index contributed by atoms with van der Waals surface area (Å²) in [5.41, 5.74) is 3.22. The minimum absolute atomic E-state index is 0.103. The summed E-state index contributed by atoms with van der Waals surface area (Å²) in [6.45, 7) is 0. The van der Waals surface area contributed by atoms with Crippen LogP contribution >= 0.6 is 0 Å². The smallest absolute Gasteiger partial charge is 0.267 e. The van der Waals surface area contributed by atoms with Gasteiger partial charge in [0.05, 0.1) is 0 Å². The van der Waals surface area contributed by atoms with E-state index in [1.54, 1.807) is 36.5 Å². The number of aromatic nitrogens is 1. The molecule has 0 spiro atoms. The Morgan fingerprint density at radius 2 is 1.93 bits per heavy atom. The number of amides is 1. The standard InChI is InChI=1S/C22H17FN2O4/c23-18-5-7-19(8-6-18)29-21-9-3-15(12-16(21)4-10-22(27)25-28)13-20(26)17-2-1-11-24-14-17/h1-12,14,28H,13H2,(H,25,27)/b10-4+. The molecular formula is C22H17FN2O4. The molecule has 146 valence electrons. The molecule has 2 N–H and O–H groups in total. The molecule has 0 bridgehead atoms. The molecule has 0 saturated carbocycles. The Morgan fingerprint density at radius 1 is 1.14 bits per heavy atom. The highest BCUT2D eigenvalue weighted by Gasteiger charge is 2.10. The number of hydrogen-bond acceptors (Lipinski definition) is 5. The molecule has 0 aliphatic carbocycles. The molecule has 0 aliphatic heterocycles. The largest absolute Gasteiger partial charge is 0.457 e. The number of nitrogens with one attached hydrogen (secondary N) is 1. The first-order valence-electron chi connectivity index (χ1n) is 8.67. The molecule has 0 fully saturated rings. The average molecular weight is 392 g/mol. The second-order valence-corrected chi connectivity index (χ2v) is 6.08. The number of carbonyl (C=O) groups is 2. The van der Waals surface area contributed by atoms with E-state index in [4.69, 9.17) is 9.94 Å². The lowest BCUT2D eigenvalue weighted by Crippen LogP contribution is -2.14. The highest BCUT2D eigenvalue weighted by Crippen LogP contribution is 2.28. The van der Waals surface area contributed by atoms with E-state index in [1.807, 2.05) is 0 Å². The number of nitrogens with zero attached hydrogens (tertiary/aromatic N) is 1. The SMILES string of the molecule is O=C(/C=C/c1cc(CC(=O)c2cccnc2)ccc1Oc1ccc(F)cc1)NO. The normalized spacial score (nSPS) is 10.7. The predicted molar refractivity (Wildman–Crippen MR) is 104 cm³/mol. The van der Waals surface area contributed by atoms with Gasteiger partial charge in [-0.05, 0) is 60.2 Å². The average Bonchev–Trinajstić information content (AvgIpc) is 2.75. The quantitative estimate of drug-likeness (QED) is 0.275. The molecule has 1 heterocycles.